The lowest BCUT2D eigenvalue weighted by molar-refractivity contribution is 0.0893. The summed E-state index contributed by atoms with van der Waals surface area (Å²) in [6.45, 7) is 4.23. The molecular formula is C12H19NO2. The first-order chi connectivity index (χ1) is 7.31. The highest BCUT2D eigenvalue weighted by Crippen LogP contribution is 2.25. The van der Waals surface area contributed by atoms with Gasteiger partial charge in [-0.25, -0.2) is 0 Å². The maximum Gasteiger partial charge on any atom is 0.123 e. The van der Waals surface area contributed by atoms with Crippen molar-refractivity contribution in [2.75, 3.05) is 19.7 Å². The molecule has 0 amide bonds. The van der Waals surface area contributed by atoms with Gasteiger partial charge in [0.1, 0.15) is 11.5 Å². The third-order valence-electron chi connectivity index (χ3n) is 3.09. The van der Waals surface area contributed by atoms with Crippen molar-refractivity contribution in [2.24, 2.45) is 0 Å². The van der Waals surface area contributed by atoms with E-state index in [0.29, 0.717) is 0 Å². The summed E-state index contributed by atoms with van der Waals surface area (Å²) in [5.41, 5.74) is 0. The Morgan fingerprint density at radius 3 is 2.60 bits per heavy atom. The van der Waals surface area contributed by atoms with Crippen molar-refractivity contribution in [1.29, 1.82) is 0 Å². The molecule has 2 heterocycles. The van der Waals surface area contributed by atoms with Gasteiger partial charge in [0.15, 0.2) is 0 Å². The fourth-order valence-electron chi connectivity index (χ4n) is 2.25. The Bertz CT molecular complexity index is 302. The minimum atomic E-state index is 0.0546. The standard InChI is InChI=1S/C12H19NO2/c1-10-5-6-12(15-10)11(9-14)13-7-3-2-4-8-13/h5-6,11,14H,2-4,7-9H2,1H3. The van der Waals surface area contributed by atoms with E-state index >= 15 is 0 Å². The van der Waals surface area contributed by atoms with Crippen LogP contribution in [0.2, 0.25) is 0 Å². The number of rotatable bonds is 3. The Kier molecular flexibility index (Phi) is 3.44. The summed E-state index contributed by atoms with van der Waals surface area (Å²) in [4.78, 5) is 2.32. The van der Waals surface area contributed by atoms with E-state index in [9.17, 15) is 5.11 Å². The van der Waals surface area contributed by atoms with Crippen molar-refractivity contribution in [3.63, 3.8) is 0 Å². The van der Waals surface area contributed by atoms with Gasteiger partial charge in [-0.05, 0) is 45.0 Å². The minimum Gasteiger partial charge on any atom is -0.465 e. The van der Waals surface area contributed by atoms with E-state index in [-0.39, 0.29) is 12.6 Å². The molecule has 1 atom stereocenters. The van der Waals surface area contributed by atoms with Crippen molar-refractivity contribution in [3.8, 4) is 0 Å². The third-order valence-corrected chi connectivity index (χ3v) is 3.09. The molecule has 15 heavy (non-hydrogen) atoms. The van der Waals surface area contributed by atoms with Gasteiger partial charge in [-0.3, -0.25) is 4.90 Å². The molecule has 1 aliphatic rings. The first-order valence-corrected chi connectivity index (χ1v) is 5.72. The number of likely N-dealkylation sites (tertiary alicyclic amines) is 1. The fourth-order valence-corrected chi connectivity index (χ4v) is 2.25. The van der Waals surface area contributed by atoms with E-state index < -0.39 is 0 Å². The number of aliphatic hydroxyl groups excluding tert-OH is 1. The number of piperidine rings is 1. The van der Waals surface area contributed by atoms with E-state index in [2.05, 4.69) is 4.90 Å². The smallest absolute Gasteiger partial charge is 0.123 e. The maximum absolute atomic E-state index is 9.44. The van der Waals surface area contributed by atoms with Crippen LogP contribution in [0.5, 0.6) is 0 Å². The first kappa shape index (κ1) is 10.7. The molecule has 1 fully saturated rings. The van der Waals surface area contributed by atoms with Gasteiger partial charge in [-0.15, -0.1) is 0 Å². The highest BCUT2D eigenvalue weighted by Gasteiger charge is 2.23. The molecule has 0 radical (unpaired) electrons. The van der Waals surface area contributed by atoms with E-state index in [0.717, 1.165) is 24.6 Å². The maximum atomic E-state index is 9.44. The summed E-state index contributed by atoms with van der Waals surface area (Å²) in [7, 11) is 0. The second kappa shape index (κ2) is 4.81. The molecule has 1 N–H and O–H groups in total. The van der Waals surface area contributed by atoms with Gasteiger partial charge >= 0.3 is 0 Å². The average molecular weight is 209 g/mol. The van der Waals surface area contributed by atoms with Crippen molar-refractivity contribution in [3.05, 3.63) is 23.7 Å². The summed E-state index contributed by atoms with van der Waals surface area (Å²) < 4.78 is 5.59. The zero-order valence-corrected chi connectivity index (χ0v) is 9.28. The minimum absolute atomic E-state index is 0.0546. The molecule has 1 saturated heterocycles. The van der Waals surface area contributed by atoms with Crippen LogP contribution in [0.25, 0.3) is 0 Å². The monoisotopic (exact) mass is 209 g/mol. The van der Waals surface area contributed by atoms with Crippen molar-refractivity contribution < 1.29 is 9.52 Å². The van der Waals surface area contributed by atoms with Gasteiger partial charge in [0.2, 0.25) is 0 Å². The molecule has 1 aromatic heterocycles. The molecule has 1 aliphatic heterocycles. The molecule has 1 unspecified atom stereocenters. The number of aryl methyl sites for hydroxylation is 1. The molecule has 0 saturated carbocycles. The van der Waals surface area contributed by atoms with E-state index in [4.69, 9.17) is 4.42 Å². The number of hydrogen-bond donors (Lipinski definition) is 1. The molecule has 2 rings (SSSR count). The summed E-state index contributed by atoms with van der Waals surface area (Å²) >= 11 is 0. The Morgan fingerprint density at radius 2 is 2.07 bits per heavy atom. The van der Waals surface area contributed by atoms with E-state index in [1.165, 1.54) is 19.3 Å². The zero-order valence-electron chi connectivity index (χ0n) is 9.28. The van der Waals surface area contributed by atoms with Crippen LogP contribution in [0.1, 0.15) is 36.8 Å². The predicted octanol–water partition coefficient (Wildman–Crippen LogP) is 2.11. The molecule has 0 aliphatic carbocycles. The van der Waals surface area contributed by atoms with Crippen LogP contribution in [0.4, 0.5) is 0 Å². The van der Waals surface area contributed by atoms with Crippen LogP contribution in [0.3, 0.4) is 0 Å². The Hall–Kier alpha value is -0.800. The highest BCUT2D eigenvalue weighted by atomic mass is 16.3. The molecule has 1 aromatic rings. The van der Waals surface area contributed by atoms with Crippen LogP contribution < -0.4 is 0 Å². The van der Waals surface area contributed by atoms with Gasteiger partial charge in [-0.2, -0.15) is 0 Å². The van der Waals surface area contributed by atoms with Crippen molar-refractivity contribution in [1.82, 2.24) is 4.90 Å². The summed E-state index contributed by atoms with van der Waals surface area (Å²) in [5, 5.41) is 9.44. The lowest BCUT2D eigenvalue weighted by atomic mass is 10.1. The summed E-state index contributed by atoms with van der Waals surface area (Å²) in [6.07, 6.45) is 3.78. The quantitative estimate of drug-likeness (QED) is 0.828. The van der Waals surface area contributed by atoms with Crippen LogP contribution in [0.15, 0.2) is 16.5 Å². The second-order valence-corrected chi connectivity index (χ2v) is 4.24. The highest BCUT2D eigenvalue weighted by molar-refractivity contribution is 5.10. The zero-order chi connectivity index (χ0) is 10.7. The third kappa shape index (κ3) is 2.41. The normalized spacial score (nSPS) is 20.4. The number of nitrogens with zero attached hydrogens (tertiary/aromatic N) is 1. The summed E-state index contributed by atoms with van der Waals surface area (Å²) in [6, 6.07) is 3.99. The number of hydrogen-bond acceptors (Lipinski definition) is 3. The first-order valence-electron chi connectivity index (χ1n) is 5.72. The Morgan fingerprint density at radius 1 is 1.33 bits per heavy atom. The van der Waals surface area contributed by atoms with Gasteiger partial charge in [0.05, 0.1) is 12.6 Å². The van der Waals surface area contributed by atoms with Gasteiger partial charge in [0, 0.05) is 0 Å². The van der Waals surface area contributed by atoms with Gasteiger partial charge in [0.25, 0.3) is 0 Å². The second-order valence-electron chi connectivity index (χ2n) is 4.24. The van der Waals surface area contributed by atoms with Crippen LogP contribution in [-0.2, 0) is 0 Å². The molecule has 0 spiro atoms. The largest absolute Gasteiger partial charge is 0.465 e. The summed E-state index contributed by atoms with van der Waals surface area (Å²) in [5.74, 6) is 1.82. The van der Waals surface area contributed by atoms with Gasteiger partial charge < -0.3 is 9.52 Å². The predicted molar refractivity (Wildman–Crippen MR) is 58.7 cm³/mol. The molecular weight excluding hydrogens is 190 g/mol. The van der Waals surface area contributed by atoms with E-state index in [1.807, 2.05) is 19.1 Å². The lowest BCUT2D eigenvalue weighted by Crippen LogP contribution is -2.35. The molecule has 0 aromatic carbocycles. The Labute approximate surface area is 90.7 Å². The topological polar surface area (TPSA) is 36.6 Å². The lowest BCUT2D eigenvalue weighted by Gasteiger charge is -2.32. The van der Waals surface area contributed by atoms with Crippen molar-refractivity contribution >= 4 is 0 Å². The van der Waals surface area contributed by atoms with Crippen LogP contribution >= 0.6 is 0 Å². The van der Waals surface area contributed by atoms with Crippen LogP contribution in [-0.4, -0.2) is 29.7 Å². The molecule has 0 bridgehead atoms. The molecule has 84 valence electrons. The van der Waals surface area contributed by atoms with Gasteiger partial charge in [-0.1, -0.05) is 6.42 Å². The average Bonchev–Trinajstić information content (AvgIpc) is 2.68. The SMILES string of the molecule is Cc1ccc(C(CO)N2CCCCC2)o1. The number of aliphatic hydroxyl groups is 1. The van der Waals surface area contributed by atoms with Crippen molar-refractivity contribution in [2.45, 2.75) is 32.2 Å². The number of furan rings is 1. The fraction of sp³-hybridized carbons (Fsp3) is 0.667. The molecule has 3 heteroatoms. The van der Waals surface area contributed by atoms with E-state index in [1.54, 1.807) is 0 Å². The van der Waals surface area contributed by atoms with Crippen LogP contribution in [0, 0.1) is 6.92 Å². The molecule has 3 nitrogen and oxygen atoms in total. The Balaban J connectivity index is 2.08.